The van der Waals surface area contributed by atoms with E-state index >= 15 is 0 Å². The van der Waals surface area contributed by atoms with E-state index in [2.05, 4.69) is 19.7 Å². The normalized spacial score (nSPS) is 15.9. The largest absolute Gasteiger partial charge is 0.497 e. The molecule has 1 aromatic carbocycles. The first-order valence-electron chi connectivity index (χ1n) is 10.9. The van der Waals surface area contributed by atoms with Gasteiger partial charge in [0.05, 0.1) is 25.5 Å². The van der Waals surface area contributed by atoms with Gasteiger partial charge in [0.2, 0.25) is 0 Å². The van der Waals surface area contributed by atoms with E-state index in [1.165, 1.54) is 11.8 Å². The average Bonchev–Trinajstić information content (AvgIpc) is 3.49. The predicted octanol–water partition coefficient (Wildman–Crippen LogP) is 3.74. The zero-order chi connectivity index (χ0) is 22.8. The van der Waals surface area contributed by atoms with Gasteiger partial charge < -0.3 is 9.47 Å². The lowest BCUT2D eigenvalue weighted by Crippen LogP contribution is -2.17. The second kappa shape index (κ2) is 9.36. The van der Waals surface area contributed by atoms with E-state index in [9.17, 15) is 4.79 Å². The summed E-state index contributed by atoms with van der Waals surface area (Å²) in [6.45, 7) is 3.43. The van der Waals surface area contributed by atoms with E-state index < -0.39 is 0 Å². The quantitative estimate of drug-likeness (QED) is 0.386. The SMILES string of the molecule is COc1ccc(-c2nnc(SCc3cc(=O)n4cc(C)ccc4n3)n2C[C@H]2CCCO2)cc1. The molecule has 4 heterocycles. The molecular formula is C24H25N5O3S. The van der Waals surface area contributed by atoms with Crippen LogP contribution in [0.1, 0.15) is 24.1 Å². The molecule has 0 aliphatic carbocycles. The Kier molecular flexibility index (Phi) is 6.15. The number of rotatable bonds is 7. The predicted molar refractivity (Wildman–Crippen MR) is 127 cm³/mol. The van der Waals surface area contributed by atoms with Crippen LogP contribution in [0.3, 0.4) is 0 Å². The van der Waals surface area contributed by atoms with Crippen molar-refractivity contribution < 1.29 is 9.47 Å². The summed E-state index contributed by atoms with van der Waals surface area (Å²) in [4.78, 5) is 17.2. The summed E-state index contributed by atoms with van der Waals surface area (Å²) < 4.78 is 14.8. The van der Waals surface area contributed by atoms with Crippen LogP contribution in [-0.2, 0) is 17.0 Å². The monoisotopic (exact) mass is 463 g/mol. The maximum atomic E-state index is 12.6. The van der Waals surface area contributed by atoms with Gasteiger partial charge in [0, 0.05) is 30.2 Å². The first-order valence-corrected chi connectivity index (χ1v) is 11.9. The fourth-order valence-electron chi connectivity index (χ4n) is 3.98. The molecule has 0 N–H and O–H groups in total. The maximum Gasteiger partial charge on any atom is 0.258 e. The number of thioether (sulfide) groups is 1. The van der Waals surface area contributed by atoms with Gasteiger partial charge in [-0.3, -0.25) is 13.8 Å². The topological polar surface area (TPSA) is 83.5 Å². The molecule has 1 fully saturated rings. The second-order valence-electron chi connectivity index (χ2n) is 8.09. The van der Waals surface area contributed by atoms with Crippen LogP contribution >= 0.6 is 11.8 Å². The number of methoxy groups -OCH3 is 1. The van der Waals surface area contributed by atoms with Crippen molar-refractivity contribution in [3.8, 4) is 17.1 Å². The molecule has 5 rings (SSSR count). The van der Waals surface area contributed by atoms with Gasteiger partial charge in [-0.15, -0.1) is 10.2 Å². The van der Waals surface area contributed by atoms with Crippen LogP contribution in [0, 0.1) is 6.92 Å². The molecule has 0 bridgehead atoms. The molecule has 1 aliphatic rings. The maximum absolute atomic E-state index is 12.6. The molecule has 0 saturated carbocycles. The standard InChI is InChI=1S/C24H25N5O3S/c1-16-5-10-21-25-18(12-22(30)28(21)13-16)15-33-24-27-26-23(17-6-8-19(31-2)9-7-17)29(24)14-20-4-3-11-32-20/h5-10,12-13,20H,3-4,11,14-15H2,1-2H3/t20-/m1/s1. The summed E-state index contributed by atoms with van der Waals surface area (Å²) >= 11 is 1.53. The van der Waals surface area contributed by atoms with Gasteiger partial charge in [0.15, 0.2) is 11.0 Å². The summed E-state index contributed by atoms with van der Waals surface area (Å²) in [5.74, 6) is 2.10. The van der Waals surface area contributed by atoms with E-state index in [1.54, 1.807) is 23.8 Å². The molecule has 1 atom stereocenters. The van der Waals surface area contributed by atoms with Crippen LogP contribution in [0.15, 0.2) is 58.6 Å². The first kappa shape index (κ1) is 21.7. The van der Waals surface area contributed by atoms with Crippen LogP contribution in [-0.4, -0.2) is 44.0 Å². The number of hydrogen-bond acceptors (Lipinski definition) is 7. The molecule has 4 aromatic rings. The lowest BCUT2D eigenvalue weighted by Gasteiger charge is -2.15. The Balaban J connectivity index is 1.43. The van der Waals surface area contributed by atoms with Crippen molar-refractivity contribution in [3.05, 3.63) is 70.3 Å². The van der Waals surface area contributed by atoms with Crippen molar-refractivity contribution in [1.29, 1.82) is 0 Å². The Bertz CT molecular complexity index is 1330. The van der Waals surface area contributed by atoms with Crippen molar-refractivity contribution in [2.24, 2.45) is 0 Å². The average molecular weight is 464 g/mol. The molecule has 1 saturated heterocycles. The molecule has 0 spiro atoms. The fraction of sp³-hybridized carbons (Fsp3) is 0.333. The van der Waals surface area contributed by atoms with Crippen molar-refractivity contribution >= 4 is 17.4 Å². The number of nitrogens with zero attached hydrogens (tertiary/aromatic N) is 5. The minimum absolute atomic E-state index is 0.0842. The highest BCUT2D eigenvalue weighted by molar-refractivity contribution is 7.98. The Labute approximate surface area is 195 Å². The van der Waals surface area contributed by atoms with Crippen LogP contribution in [0.25, 0.3) is 17.0 Å². The zero-order valence-corrected chi connectivity index (χ0v) is 19.4. The van der Waals surface area contributed by atoms with E-state index in [4.69, 9.17) is 9.47 Å². The molecule has 0 unspecified atom stereocenters. The molecule has 9 heteroatoms. The molecule has 170 valence electrons. The third-order valence-electron chi connectivity index (χ3n) is 5.68. The van der Waals surface area contributed by atoms with Crippen LogP contribution in [0.4, 0.5) is 0 Å². The van der Waals surface area contributed by atoms with Crippen LogP contribution in [0.2, 0.25) is 0 Å². The number of ether oxygens (including phenoxy) is 2. The minimum atomic E-state index is -0.0842. The lowest BCUT2D eigenvalue weighted by atomic mass is 10.2. The van der Waals surface area contributed by atoms with Gasteiger partial charge in [-0.2, -0.15) is 0 Å². The highest BCUT2D eigenvalue weighted by Crippen LogP contribution is 2.29. The molecule has 0 amide bonds. The van der Waals surface area contributed by atoms with Crippen LogP contribution in [0.5, 0.6) is 5.75 Å². The van der Waals surface area contributed by atoms with Crippen molar-refractivity contribution in [2.45, 2.75) is 43.3 Å². The van der Waals surface area contributed by atoms with Gasteiger partial charge in [-0.05, 0) is 55.7 Å². The highest BCUT2D eigenvalue weighted by atomic mass is 32.2. The van der Waals surface area contributed by atoms with Crippen molar-refractivity contribution in [3.63, 3.8) is 0 Å². The molecule has 3 aromatic heterocycles. The van der Waals surface area contributed by atoms with Gasteiger partial charge >= 0.3 is 0 Å². The van der Waals surface area contributed by atoms with Gasteiger partial charge in [-0.1, -0.05) is 17.8 Å². The molecule has 1 aliphatic heterocycles. The molecule has 0 radical (unpaired) electrons. The third kappa shape index (κ3) is 4.65. The van der Waals surface area contributed by atoms with E-state index in [1.807, 2.05) is 43.3 Å². The van der Waals surface area contributed by atoms with E-state index in [0.29, 0.717) is 23.6 Å². The Hall–Kier alpha value is -3.17. The van der Waals surface area contributed by atoms with Gasteiger partial charge in [0.1, 0.15) is 11.4 Å². The Morgan fingerprint density at radius 2 is 2.03 bits per heavy atom. The highest BCUT2D eigenvalue weighted by Gasteiger charge is 2.22. The summed E-state index contributed by atoms with van der Waals surface area (Å²) in [6, 6.07) is 13.2. The first-order chi connectivity index (χ1) is 16.1. The van der Waals surface area contributed by atoms with Gasteiger partial charge in [0.25, 0.3) is 5.56 Å². The van der Waals surface area contributed by atoms with E-state index in [0.717, 1.165) is 47.3 Å². The number of fused-ring (bicyclic) bond motifs is 1. The van der Waals surface area contributed by atoms with Gasteiger partial charge in [-0.25, -0.2) is 4.98 Å². The summed E-state index contributed by atoms with van der Waals surface area (Å²) in [5.41, 5.74) is 3.25. The molecule has 33 heavy (non-hydrogen) atoms. The number of pyridine rings is 1. The Morgan fingerprint density at radius 1 is 1.18 bits per heavy atom. The number of benzene rings is 1. The Morgan fingerprint density at radius 3 is 2.79 bits per heavy atom. The lowest BCUT2D eigenvalue weighted by molar-refractivity contribution is 0.0953. The summed E-state index contributed by atoms with van der Waals surface area (Å²) in [7, 11) is 1.65. The minimum Gasteiger partial charge on any atom is -0.497 e. The van der Waals surface area contributed by atoms with Crippen molar-refractivity contribution in [1.82, 2.24) is 24.1 Å². The zero-order valence-electron chi connectivity index (χ0n) is 18.6. The second-order valence-corrected chi connectivity index (χ2v) is 9.03. The third-order valence-corrected chi connectivity index (χ3v) is 6.69. The number of aromatic nitrogens is 5. The van der Waals surface area contributed by atoms with Crippen LogP contribution < -0.4 is 10.3 Å². The number of aryl methyl sites for hydroxylation is 1. The molecule has 8 nitrogen and oxygen atoms in total. The number of hydrogen-bond donors (Lipinski definition) is 0. The fourth-order valence-corrected chi connectivity index (χ4v) is 4.82. The van der Waals surface area contributed by atoms with E-state index in [-0.39, 0.29) is 11.7 Å². The smallest absolute Gasteiger partial charge is 0.258 e. The summed E-state index contributed by atoms with van der Waals surface area (Å²) in [6.07, 6.45) is 4.04. The molecular weight excluding hydrogens is 438 g/mol. The summed E-state index contributed by atoms with van der Waals surface area (Å²) in [5, 5.41) is 9.73. The van der Waals surface area contributed by atoms with Crippen molar-refractivity contribution in [2.75, 3.05) is 13.7 Å².